The summed E-state index contributed by atoms with van der Waals surface area (Å²) >= 11 is 0. The first-order chi connectivity index (χ1) is 2.77. The fraction of sp³-hybridized carbons (Fsp3) is 0.833. The molecule has 0 aromatic carbocycles. The van der Waals surface area contributed by atoms with Gasteiger partial charge < -0.3 is 0 Å². The summed E-state index contributed by atoms with van der Waals surface area (Å²) in [6.45, 7) is 8.15. The Labute approximate surface area is 58.9 Å². The van der Waals surface area contributed by atoms with Crippen molar-refractivity contribution in [3.63, 3.8) is 0 Å². The summed E-state index contributed by atoms with van der Waals surface area (Å²) in [4.78, 5) is 0. The van der Waals surface area contributed by atoms with Crippen molar-refractivity contribution in [2.24, 2.45) is 5.92 Å². The summed E-state index contributed by atoms with van der Waals surface area (Å²) in [5.41, 5.74) is 0. The van der Waals surface area contributed by atoms with Crippen LogP contribution < -0.4 is 0 Å². The normalized spacial score (nSPS) is 8.57. The standard InChI is InChI=1S/C6H13.Li.H/c1-4-5-6(2)3;;/h6H,1,4-5H2,2-3H3;;. The Balaban J connectivity index is 0. The fourth-order valence-electron chi connectivity index (χ4n) is 0.408. The first-order valence-corrected chi connectivity index (χ1v) is 2.56. The van der Waals surface area contributed by atoms with Crippen molar-refractivity contribution in [2.45, 2.75) is 26.7 Å². The summed E-state index contributed by atoms with van der Waals surface area (Å²) in [6, 6.07) is 0. The molecule has 0 aromatic rings. The van der Waals surface area contributed by atoms with Crippen LogP contribution in [0.25, 0.3) is 0 Å². The molecule has 0 aliphatic heterocycles. The average Bonchev–Trinajstić information content (AvgIpc) is 1.35. The molecule has 0 atom stereocenters. The Morgan fingerprint density at radius 1 is 1.43 bits per heavy atom. The van der Waals surface area contributed by atoms with E-state index in [2.05, 4.69) is 20.8 Å². The van der Waals surface area contributed by atoms with Gasteiger partial charge in [-0.25, -0.2) is 0 Å². The molecule has 1 radical (unpaired) electrons. The van der Waals surface area contributed by atoms with E-state index in [9.17, 15) is 0 Å². The molecule has 39 valence electrons. The van der Waals surface area contributed by atoms with Gasteiger partial charge in [-0.1, -0.05) is 33.6 Å². The van der Waals surface area contributed by atoms with Crippen LogP contribution in [0, 0.1) is 12.8 Å². The maximum atomic E-state index is 3.73. The summed E-state index contributed by atoms with van der Waals surface area (Å²) in [5, 5.41) is 0. The molecular formula is C6H14Li. The second-order valence-electron chi connectivity index (χ2n) is 2.04. The van der Waals surface area contributed by atoms with Gasteiger partial charge in [-0.15, -0.1) is 0 Å². The molecule has 0 spiro atoms. The molecule has 0 N–H and O–H groups in total. The topological polar surface area (TPSA) is 0 Å². The van der Waals surface area contributed by atoms with Crippen LogP contribution in [0.5, 0.6) is 0 Å². The fourth-order valence-corrected chi connectivity index (χ4v) is 0.408. The molecule has 0 unspecified atom stereocenters. The number of hydrogen-bond donors (Lipinski definition) is 0. The van der Waals surface area contributed by atoms with Crippen molar-refractivity contribution in [1.82, 2.24) is 0 Å². The van der Waals surface area contributed by atoms with Crippen molar-refractivity contribution in [3.05, 3.63) is 6.92 Å². The zero-order valence-corrected chi connectivity index (χ0v) is 4.70. The second kappa shape index (κ2) is 6.60. The molecule has 0 aromatic heterocycles. The van der Waals surface area contributed by atoms with Crippen LogP contribution in [-0.2, 0) is 0 Å². The van der Waals surface area contributed by atoms with E-state index in [1.165, 1.54) is 6.42 Å². The Kier molecular flexibility index (Phi) is 9.95. The first kappa shape index (κ1) is 10.6. The van der Waals surface area contributed by atoms with E-state index in [4.69, 9.17) is 0 Å². The zero-order chi connectivity index (χ0) is 4.99. The SMILES string of the molecule is [CH2]CCC(C)C.[LiH]. The molecule has 0 saturated heterocycles. The second-order valence-corrected chi connectivity index (χ2v) is 2.04. The van der Waals surface area contributed by atoms with Gasteiger partial charge in [0.05, 0.1) is 0 Å². The average molecular weight is 93.1 g/mol. The van der Waals surface area contributed by atoms with Gasteiger partial charge in [0.2, 0.25) is 0 Å². The summed E-state index contributed by atoms with van der Waals surface area (Å²) in [5.74, 6) is 0.836. The minimum absolute atomic E-state index is 0. The Morgan fingerprint density at radius 3 is 1.86 bits per heavy atom. The minimum atomic E-state index is 0. The van der Waals surface area contributed by atoms with Crippen LogP contribution in [0.3, 0.4) is 0 Å². The van der Waals surface area contributed by atoms with Gasteiger partial charge in [0, 0.05) is 0 Å². The Hall–Kier alpha value is 0.597. The van der Waals surface area contributed by atoms with E-state index in [0.29, 0.717) is 0 Å². The molecule has 0 nitrogen and oxygen atoms in total. The molecule has 0 aliphatic carbocycles. The van der Waals surface area contributed by atoms with Gasteiger partial charge >= 0.3 is 18.9 Å². The van der Waals surface area contributed by atoms with Crippen LogP contribution in [0.15, 0.2) is 0 Å². The maximum absolute atomic E-state index is 3.73. The van der Waals surface area contributed by atoms with E-state index >= 15 is 0 Å². The Morgan fingerprint density at radius 2 is 1.86 bits per heavy atom. The van der Waals surface area contributed by atoms with Gasteiger partial charge in [0.15, 0.2) is 0 Å². The zero-order valence-electron chi connectivity index (χ0n) is 4.70. The van der Waals surface area contributed by atoms with E-state index in [0.717, 1.165) is 12.3 Å². The van der Waals surface area contributed by atoms with Gasteiger partial charge in [0.25, 0.3) is 0 Å². The van der Waals surface area contributed by atoms with Gasteiger partial charge in [-0.05, 0) is 5.92 Å². The van der Waals surface area contributed by atoms with E-state index < -0.39 is 0 Å². The summed E-state index contributed by atoms with van der Waals surface area (Å²) < 4.78 is 0. The van der Waals surface area contributed by atoms with Crippen molar-refractivity contribution in [3.8, 4) is 0 Å². The molecule has 0 bridgehead atoms. The van der Waals surface area contributed by atoms with Crippen molar-refractivity contribution < 1.29 is 0 Å². The van der Waals surface area contributed by atoms with Gasteiger partial charge in [0.1, 0.15) is 0 Å². The third-order valence-electron chi connectivity index (χ3n) is 0.781. The summed E-state index contributed by atoms with van der Waals surface area (Å²) in [6.07, 6.45) is 2.34. The predicted octanol–water partition coefficient (Wildman–Crippen LogP) is 1.61. The molecule has 0 aliphatic rings. The van der Waals surface area contributed by atoms with E-state index in [1.54, 1.807) is 0 Å². The number of hydrogen-bond acceptors (Lipinski definition) is 0. The quantitative estimate of drug-likeness (QED) is 0.455. The van der Waals surface area contributed by atoms with Crippen molar-refractivity contribution in [1.29, 1.82) is 0 Å². The van der Waals surface area contributed by atoms with Crippen LogP contribution in [0.4, 0.5) is 0 Å². The van der Waals surface area contributed by atoms with Crippen molar-refractivity contribution in [2.75, 3.05) is 0 Å². The molecule has 1 heteroatoms. The summed E-state index contributed by atoms with van der Waals surface area (Å²) in [7, 11) is 0. The molecule has 0 heterocycles. The van der Waals surface area contributed by atoms with Crippen LogP contribution in [-0.4, -0.2) is 18.9 Å². The van der Waals surface area contributed by atoms with Crippen LogP contribution in [0.2, 0.25) is 0 Å². The van der Waals surface area contributed by atoms with Crippen molar-refractivity contribution >= 4 is 18.9 Å². The third kappa shape index (κ3) is 10.8. The molecule has 7 heavy (non-hydrogen) atoms. The van der Waals surface area contributed by atoms with E-state index in [1.807, 2.05) is 0 Å². The Bertz CT molecular complexity index is 25.4. The third-order valence-corrected chi connectivity index (χ3v) is 0.781. The van der Waals surface area contributed by atoms with Crippen LogP contribution in [0.1, 0.15) is 26.7 Å². The molecular weight excluding hydrogens is 79.0 g/mol. The van der Waals surface area contributed by atoms with Crippen LogP contribution >= 0.6 is 0 Å². The number of rotatable bonds is 2. The molecule has 0 rings (SSSR count). The van der Waals surface area contributed by atoms with Gasteiger partial charge in [-0.2, -0.15) is 0 Å². The molecule has 0 amide bonds. The molecule has 0 fully saturated rings. The first-order valence-electron chi connectivity index (χ1n) is 2.56. The predicted molar refractivity (Wildman–Crippen MR) is 36.6 cm³/mol. The van der Waals surface area contributed by atoms with E-state index in [-0.39, 0.29) is 18.9 Å². The molecule has 0 saturated carbocycles. The van der Waals surface area contributed by atoms with Gasteiger partial charge in [-0.3, -0.25) is 0 Å². The monoisotopic (exact) mass is 93.1 g/mol.